The fraction of sp³-hybridized carbons (Fsp3) is 0.647. The number of hydrogen-bond donors (Lipinski definition) is 1. The zero-order valence-electron chi connectivity index (χ0n) is 12.4. The van der Waals surface area contributed by atoms with Gasteiger partial charge in [0, 0.05) is 6.42 Å². The zero-order chi connectivity index (χ0) is 13.8. The quantitative estimate of drug-likeness (QED) is 0.896. The van der Waals surface area contributed by atoms with Gasteiger partial charge in [-0.05, 0) is 43.2 Å². The van der Waals surface area contributed by atoms with Gasteiger partial charge in [0.05, 0.1) is 13.2 Å². The van der Waals surface area contributed by atoms with Crippen LogP contribution in [0.4, 0.5) is 0 Å². The minimum atomic E-state index is -0.233. The maximum Gasteiger partial charge on any atom is 0.122 e. The first kappa shape index (κ1) is 14.4. The van der Waals surface area contributed by atoms with E-state index in [1.807, 2.05) is 6.07 Å². The fourth-order valence-corrected chi connectivity index (χ4v) is 3.13. The van der Waals surface area contributed by atoms with Crippen LogP contribution in [-0.2, 0) is 6.42 Å². The van der Waals surface area contributed by atoms with Gasteiger partial charge in [-0.25, -0.2) is 0 Å². The number of aryl methyl sites for hydroxylation is 1. The molecule has 0 aliphatic heterocycles. The van der Waals surface area contributed by atoms with Crippen molar-refractivity contribution in [3.05, 3.63) is 29.3 Å². The van der Waals surface area contributed by atoms with Gasteiger partial charge in [0.1, 0.15) is 5.75 Å². The van der Waals surface area contributed by atoms with Gasteiger partial charge in [-0.2, -0.15) is 0 Å². The molecule has 1 fully saturated rings. The van der Waals surface area contributed by atoms with E-state index in [9.17, 15) is 5.11 Å². The molecule has 2 nitrogen and oxygen atoms in total. The Kier molecular flexibility index (Phi) is 4.87. The van der Waals surface area contributed by atoms with Gasteiger partial charge in [-0.15, -0.1) is 0 Å². The highest BCUT2D eigenvalue weighted by Gasteiger charge is 2.25. The van der Waals surface area contributed by atoms with Crippen LogP contribution < -0.4 is 4.74 Å². The Bertz CT molecular complexity index is 406. The van der Waals surface area contributed by atoms with Gasteiger partial charge in [0.2, 0.25) is 0 Å². The van der Waals surface area contributed by atoms with Crippen molar-refractivity contribution in [2.75, 3.05) is 7.11 Å². The third-order valence-corrected chi connectivity index (χ3v) is 4.47. The lowest BCUT2D eigenvalue weighted by atomic mass is 9.79. The summed E-state index contributed by atoms with van der Waals surface area (Å²) in [6.45, 7) is 4.39. The maximum atomic E-state index is 10.5. The van der Waals surface area contributed by atoms with Crippen molar-refractivity contribution in [1.29, 1.82) is 0 Å². The molecule has 0 bridgehead atoms. The summed E-state index contributed by atoms with van der Waals surface area (Å²) >= 11 is 0. The van der Waals surface area contributed by atoms with Crippen LogP contribution in [0, 0.1) is 18.8 Å². The predicted octanol–water partition coefficient (Wildman–Crippen LogP) is 3.73. The first-order valence-corrected chi connectivity index (χ1v) is 7.41. The minimum absolute atomic E-state index is 0.233. The summed E-state index contributed by atoms with van der Waals surface area (Å²) in [5.74, 6) is 2.19. The van der Waals surface area contributed by atoms with Crippen molar-refractivity contribution in [2.45, 2.75) is 52.1 Å². The zero-order valence-corrected chi connectivity index (χ0v) is 12.4. The van der Waals surface area contributed by atoms with Crippen LogP contribution in [0.1, 0.15) is 43.7 Å². The molecule has 1 atom stereocenters. The van der Waals surface area contributed by atoms with Crippen LogP contribution in [0.25, 0.3) is 0 Å². The largest absolute Gasteiger partial charge is 0.496 e. The van der Waals surface area contributed by atoms with Gasteiger partial charge in [0.15, 0.2) is 0 Å². The Morgan fingerprint density at radius 3 is 2.58 bits per heavy atom. The lowest BCUT2D eigenvalue weighted by Gasteiger charge is -2.30. The molecule has 106 valence electrons. The average Bonchev–Trinajstić information content (AvgIpc) is 2.39. The molecule has 1 aromatic carbocycles. The lowest BCUT2D eigenvalue weighted by Crippen LogP contribution is -2.27. The number of aliphatic hydroxyl groups is 1. The molecule has 1 aromatic rings. The summed E-state index contributed by atoms with van der Waals surface area (Å²) in [4.78, 5) is 0. The molecule has 0 radical (unpaired) electrons. The Balaban J connectivity index is 2.02. The predicted molar refractivity (Wildman–Crippen MR) is 78.6 cm³/mol. The second kappa shape index (κ2) is 6.42. The minimum Gasteiger partial charge on any atom is -0.496 e. The molecule has 2 heteroatoms. The van der Waals surface area contributed by atoms with Crippen LogP contribution in [0.3, 0.4) is 0 Å². The second-order valence-corrected chi connectivity index (χ2v) is 6.11. The smallest absolute Gasteiger partial charge is 0.122 e. The normalized spacial score (nSPS) is 25.1. The first-order chi connectivity index (χ1) is 9.10. The number of aliphatic hydroxyl groups excluding tert-OH is 1. The van der Waals surface area contributed by atoms with Crippen molar-refractivity contribution in [2.24, 2.45) is 11.8 Å². The SMILES string of the molecule is COc1ccc(C)cc1CC(O)C1CCC(C)CC1. The lowest BCUT2D eigenvalue weighted by molar-refractivity contribution is 0.0755. The van der Waals surface area contributed by atoms with E-state index in [4.69, 9.17) is 4.74 Å². The topological polar surface area (TPSA) is 29.5 Å². The number of rotatable bonds is 4. The van der Waals surface area contributed by atoms with Crippen molar-refractivity contribution < 1.29 is 9.84 Å². The monoisotopic (exact) mass is 262 g/mol. The van der Waals surface area contributed by atoms with Crippen molar-refractivity contribution >= 4 is 0 Å². The third kappa shape index (κ3) is 3.73. The Morgan fingerprint density at radius 1 is 1.26 bits per heavy atom. The van der Waals surface area contributed by atoms with Crippen LogP contribution >= 0.6 is 0 Å². The van der Waals surface area contributed by atoms with Gasteiger partial charge in [0.25, 0.3) is 0 Å². The second-order valence-electron chi connectivity index (χ2n) is 6.11. The van der Waals surface area contributed by atoms with Crippen LogP contribution in [-0.4, -0.2) is 18.3 Å². The summed E-state index contributed by atoms with van der Waals surface area (Å²) in [7, 11) is 1.70. The molecule has 19 heavy (non-hydrogen) atoms. The highest BCUT2D eigenvalue weighted by atomic mass is 16.5. The van der Waals surface area contributed by atoms with E-state index in [-0.39, 0.29) is 6.10 Å². The Morgan fingerprint density at radius 2 is 1.95 bits per heavy atom. The van der Waals surface area contributed by atoms with Gasteiger partial charge >= 0.3 is 0 Å². The first-order valence-electron chi connectivity index (χ1n) is 7.41. The van der Waals surface area contributed by atoms with Crippen LogP contribution in [0.15, 0.2) is 18.2 Å². The van der Waals surface area contributed by atoms with E-state index in [0.29, 0.717) is 12.3 Å². The van der Waals surface area contributed by atoms with Crippen molar-refractivity contribution in [1.82, 2.24) is 0 Å². The van der Waals surface area contributed by atoms with Gasteiger partial charge in [-0.3, -0.25) is 0 Å². The molecular weight excluding hydrogens is 236 g/mol. The highest BCUT2D eigenvalue weighted by Crippen LogP contribution is 2.32. The molecule has 1 aliphatic rings. The highest BCUT2D eigenvalue weighted by molar-refractivity contribution is 5.37. The molecule has 1 aliphatic carbocycles. The van der Waals surface area contributed by atoms with Crippen LogP contribution in [0.5, 0.6) is 5.75 Å². The van der Waals surface area contributed by atoms with Gasteiger partial charge in [-0.1, -0.05) is 37.5 Å². The summed E-state index contributed by atoms with van der Waals surface area (Å²) in [6.07, 6.45) is 5.32. The molecule has 1 unspecified atom stereocenters. The molecule has 0 saturated heterocycles. The summed E-state index contributed by atoms with van der Waals surface area (Å²) in [5, 5.41) is 10.5. The average molecular weight is 262 g/mol. The summed E-state index contributed by atoms with van der Waals surface area (Å²) < 4.78 is 5.39. The molecule has 1 saturated carbocycles. The van der Waals surface area contributed by atoms with E-state index < -0.39 is 0 Å². The standard InChI is InChI=1S/C17H26O2/c1-12-4-7-14(8-5-12)16(18)11-15-10-13(2)6-9-17(15)19-3/h6,9-10,12,14,16,18H,4-5,7-8,11H2,1-3H3. The molecule has 2 rings (SSSR count). The van der Waals surface area contributed by atoms with Crippen molar-refractivity contribution in [3.63, 3.8) is 0 Å². The molecule has 0 spiro atoms. The summed E-state index contributed by atoms with van der Waals surface area (Å²) in [5.41, 5.74) is 2.36. The molecular formula is C17H26O2. The van der Waals surface area contributed by atoms with Gasteiger partial charge < -0.3 is 9.84 Å². The summed E-state index contributed by atoms with van der Waals surface area (Å²) in [6, 6.07) is 6.19. The Hall–Kier alpha value is -1.02. The van der Waals surface area contributed by atoms with E-state index in [1.54, 1.807) is 7.11 Å². The van der Waals surface area contributed by atoms with Crippen molar-refractivity contribution in [3.8, 4) is 5.75 Å². The third-order valence-electron chi connectivity index (χ3n) is 4.47. The maximum absolute atomic E-state index is 10.5. The molecule has 1 N–H and O–H groups in total. The number of methoxy groups -OCH3 is 1. The van der Waals surface area contributed by atoms with E-state index in [0.717, 1.165) is 30.1 Å². The molecule has 0 aromatic heterocycles. The molecule has 0 heterocycles. The van der Waals surface area contributed by atoms with E-state index >= 15 is 0 Å². The number of ether oxygens (including phenoxy) is 1. The molecule has 0 amide bonds. The Labute approximate surface area is 116 Å². The van der Waals surface area contributed by atoms with Crippen LogP contribution in [0.2, 0.25) is 0 Å². The number of hydrogen-bond acceptors (Lipinski definition) is 2. The number of benzene rings is 1. The van der Waals surface area contributed by atoms with E-state index in [2.05, 4.69) is 26.0 Å². The fourth-order valence-electron chi connectivity index (χ4n) is 3.13. The van der Waals surface area contributed by atoms with E-state index in [1.165, 1.54) is 18.4 Å².